The van der Waals surface area contributed by atoms with Crippen molar-refractivity contribution in [1.29, 1.82) is 0 Å². The summed E-state index contributed by atoms with van der Waals surface area (Å²) in [4.78, 5) is 1.72. The summed E-state index contributed by atoms with van der Waals surface area (Å²) in [6, 6.07) is 0. The molecule has 0 bridgehead atoms. The molecule has 1 radical (unpaired) electrons. The largest absolute Gasteiger partial charge is 0.0995 e. The average molecular weight is 135 g/mol. The molecule has 0 aromatic carbocycles. The van der Waals surface area contributed by atoms with Crippen molar-refractivity contribution in [1.82, 2.24) is 0 Å². The quantitative estimate of drug-likeness (QED) is 0.313. The van der Waals surface area contributed by atoms with Crippen LogP contribution in [0.4, 0.5) is 0 Å². The van der Waals surface area contributed by atoms with Crippen LogP contribution >= 0.6 is 12.2 Å². The second kappa shape index (κ2) is 9.18. The summed E-state index contributed by atoms with van der Waals surface area (Å²) in [5, 5.41) is 0. The zero-order valence-corrected chi connectivity index (χ0v) is 6.18. The summed E-state index contributed by atoms with van der Waals surface area (Å²) in [6.07, 6.45) is 0. The average Bonchev–Trinajstić information content (AvgIpc) is 0.918. The molecule has 0 saturated carbocycles. The molecule has 4 heavy (non-hydrogen) atoms. The third-order valence-corrected chi connectivity index (χ3v) is 0. The third kappa shape index (κ3) is 14.0. The first-order valence-electron chi connectivity index (χ1n) is 0.813. The Kier molecular flexibility index (Phi) is 20.3. The fourth-order valence-corrected chi connectivity index (χ4v) is 0. The second-order valence-electron chi connectivity index (χ2n) is 0.236. The van der Waals surface area contributed by atoms with Gasteiger partial charge in [0, 0.05) is 27.0 Å². The molecule has 0 nitrogen and oxygen atoms in total. The summed E-state index contributed by atoms with van der Waals surface area (Å²) < 4.78 is 0. The summed E-state index contributed by atoms with van der Waals surface area (Å²) in [7, 11) is 1.06. The molecule has 0 aliphatic carbocycles. The van der Waals surface area contributed by atoms with Gasteiger partial charge in [-0.25, -0.2) is 0 Å². The Morgan fingerprint density at radius 1 is 1.75 bits per heavy atom. The van der Waals surface area contributed by atoms with E-state index in [1.807, 2.05) is 0 Å². The van der Waals surface area contributed by atoms with Gasteiger partial charge in [0.25, 0.3) is 0 Å². The van der Waals surface area contributed by atoms with Gasteiger partial charge in [0.2, 0.25) is 0 Å². The number of hydrogen-bond donors (Lipinski definition) is 0. The summed E-state index contributed by atoms with van der Waals surface area (Å²) in [5.74, 6) is 0. The van der Waals surface area contributed by atoms with Crippen LogP contribution in [-0.4, -0.2) is 15.2 Å². The van der Waals surface area contributed by atoms with Crippen molar-refractivity contribution >= 4 is 27.5 Å². The molecular weight excluding hydrogens is 131 g/mol. The monoisotopic (exact) mass is 135 g/mol. The van der Waals surface area contributed by atoms with Gasteiger partial charge >= 0.3 is 0 Å². The summed E-state index contributed by atoms with van der Waals surface area (Å²) in [5.41, 5.74) is 0. The van der Waals surface area contributed by atoms with E-state index in [0.717, 1.165) is 10.2 Å². The van der Waals surface area contributed by atoms with E-state index in [2.05, 4.69) is 12.2 Å². The van der Waals surface area contributed by atoms with E-state index in [0.29, 0.717) is 0 Å². The molecule has 27 valence electrons. The minimum absolute atomic E-state index is 0. The van der Waals surface area contributed by atoms with Gasteiger partial charge in [-0.1, -0.05) is 12.2 Å². The first kappa shape index (κ1) is 8.84. The molecule has 0 heterocycles. The first-order valence-corrected chi connectivity index (χ1v) is 2.44. The Morgan fingerprint density at radius 3 is 1.75 bits per heavy atom. The Bertz CT molecular complexity index is 15.5. The van der Waals surface area contributed by atoms with Gasteiger partial charge < -0.3 is 0 Å². The van der Waals surface area contributed by atoms with Crippen molar-refractivity contribution in [3.05, 3.63) is 0 Å². The van der Waals surface area contributed by atoms with E-state index in [-0.39, 0.29) is 16.8 Å². The van der Waals surface area contributed by atoms with E-state index in [4.69, 9.17) is 0 Å². The molecule has 0 rings (SSSR count). The molecule has 0 aromatic heterocycles. The van der Waals surface area contributed by atoms with Crippen LogP contribution in [0.1, 0.15) is 0 Å². The molecule has 0 fully saturated rings. The Balaban J connectivity index is 0. The minimum Gasteiger partial charge on any atom is -0.0995 e. The topological polar surface area (TPSA) is 0 Å². The third-order valence-electron chi connectivity index (χ3n) is 0. The van der Waals surface area contributed by atoms with Crippen LogP contribution in [0.5, 0.6) is 0 Å². The molecule has 0 unspecified atom stereocenters. The van der Waals surface area contributed by atoms with Gasteiger partial charge in [0.05, 0.1) is 0 Å². The van der Waals surface area contributed by atoms with E-state index in [9.17, 15) is 0 Å². The maximum Gasteiger partial charge on any atom is 0.0430 e. The fraction of sp³-hybridized carbons (Fsp3) is 0. The van der Waals surface area contributed by atoms with Gasteiger partial charge in [0.15, 0.2) is 0 Å². The molecule has 0 saturated heterocycles. The maximum absolute atomic E-state index is 4.33. The molecule has 0 aromatic rings. The molecule has 0 atom stereocenters. The Hall–Kier alpha value is 0.813. The fourth-order valence-electron chi connectivity index (χ4n) is 0. The van der Waals surface area contributed by atoms with Gasteiger partial charge in [-0.2, -0.15) is 0 Å². The van der Waals surface area contributed by atoms with Crippen LogP contribution in [0, 0.1) is 0 Å². The number of hydrogen-bond acceptors (Lipinski definition) is 1. The summed E-state index contributed by atoms with van der Waals surface area (Å²) >= 11 is 4.33. The van der Waals surface area contributed by atoms with Crippen LogP contribution in [0.3, 0.4) is 0 Å². The van der Waals surface area contributed by atoms with Gasteiger partial charge in [-0.05, 0) is 4.99 Å². The van der Waals surface area contributed by atoms with Crippen LogP contribution in [0.25, 0.3) is 0 Å². The van der Waals surface area contributed by atoms with Crippen LogP contribution < -0.4 is 0 Å². The molecule has 0 aliphatic rings. The Morgan fingerprint density at radius 2 is 1.75 bits per heavy atom. The van der Waals surface area contributed by atoms with Crippen molar-refractivity contribution in [2.75, 3.05) is 0 Å². The van der Waals surface area contributed by atoms with Crippen LogP contribution in [-0.2, 0) is 16.8 Å². The van der Waals surface area contributed by atoms with Crippen LogP contribution in [0.2, 0.25) is 0 Å². The van der Waals surface area contributed by atoms with Gasteiger partial charge in [0.1, 0.15) is 0 Å². The van der Waals surface area contributed by atoms with Crippen molar-refractivity contribution in [3.8, 4) is 0 Å². The predicted molar refractivity (Wildman–Crippen MR) is 23.6 cm³/mol. The van der Waals surface area contributed by atoms with Crippen LogP contribution in [0.15, 0.2) is 0 Å². The summed E-state index contributed by atoms with van der Waals surface area (Å²) in [6.45, 7) is 0. The van der Waals surface area contributed by atoms with E-state index in [1.54, 1.807) is 4.99 Å². The van der Waals surface area contributed by atoms with E-state index in [1.165, 1.54) is 0 Å². The standard InChI is InChI=1S/CH4SSi.Co/c2-1-3;/h1H,3H3;. The predicted octanol–water partition coefficient (Wildman–Crippen LogP) is -0.694. The van der Waals surface area contributed by atoms with Gasteiger partial charge in [-0.15, -0.1) is 0 Å². The SMILES string of the molecule is [Co].[SiH3]C=S. The zero-order chi connectivity index (χ0) is 2.71. The number of thiocarbonyl (C=S) groups is 1. The van der Waals surface area contributed by atoms with Crippen molar-refractivity contribution in [2.24, 2.45) is 0 Å². The molecule has 0 spiro atoms. The molecule has 0 aliphatic heterocycles. The molecule has 0 amide bonds. The molecule has 3 heteroatoms. The Labute approximate surface area is 44.6 Å². The molecule has 0 N–H and O–H groups in total. The smallest absolute Gasteiger partial charge is 0.0430 e. The number of rotatable bonds is 0. The van der Waals surface area contributed by atoms with Crippen molar-refractivity contribution in [2.45, 2.75) is 0 Å². The van der Waals surface area contributed by atoms with Gasteiger partial charge in [-0.3, -0.25) is 0 Å². The van der Waals surface area contributed by atoms with Crippen molar-refractivity contribution in [3.63, 3.8) is 0 Å². The normalized spacial score (nSPS) is 4.00. The van der Waals surface area contributed by atoms with Crippen molar-refractivity contribution < 1.29 is 16.8 Å². The first-order chi connectivity index (χ1) is 1.41. The maximum atomic E-state index is 4.33. The van der Waals surface area contributed by atoms with E-state index < -0.39 is 0 Å². The van der Waals surface area contributed by atoms with E-state index >= 15 is 0 Å². The minimum atomic E-state index is 0. The molecular formula is CH4CoSSi. The second-order valence-corrected chi connectivity index (χ2v) is 2.12. The zero-order valence-electron chi connectivity index (χ0n) is 2.32.